The fraction of sp³-hybridized carbons (Fsp3) is 0.200. The molecule has 1 aliphatic rings. The minimum atomic E-state index is 0.428. The number of aromatic amines is 2. The predicted molar refractivity (Wildman–Crippen MR) is 88.7 cm³/mol. The molecule has 116 valence electrons. The topological polar surface area (TPSA) is 87.8 Å². The molecule has 4 rings (SSSR count). The van der Waals surface area contributed by atoms with Crippen LogP contribution in [0.25, 0.3) is 17.6 Å². The number of nitrogens with one attached hydrogen (secondary N) is 2. The van der Waals surface area contributed by atoms with Gasteiger partial charge >= 0.3 is 0 Å². The maximum Gasteiger partial charge on any atom is 0.216 e. The molecule has 8 heteroatoms. The molecule has 3 aromatic heterocycles. The Hall–Kier alpha value is -2.74. The van der Waals surface area contributed by atoms with Gasteiger partial charge in [-0.05, 0) is 55.8 Å². The van der Waals surface area contributed by atoms with Gasteiger partial charge in [0.15, 0.2) is 0 Å². The number of allylic oxidation sites excluding steroid dienone is 1. The van der Waals surface area contributed by atoms with Crippen molar-refractivity contribution in [3.63, 3.8) is 0 Å². The normalized spacial score (nSPS) is 14.3. The lowest BCUT2D eigenvalue weighted by Crippen LogP contribution is -1.96. The summed E-state index contributed by atoms with van der Waals surface area (Å²) < 4.78 is 7.23. The van der Waals surface area contributed by atoms with Crippen LogP contribution in [-0.4, -0.2) is 31.3 Å². The highest BCUT2D eigenvalue weighted by molar-refractivity contribution is 7.71. The van der Waals surface area contributed by atoms with Crippen molar-refractivity contribution < 1.29 is 4.42 Å². The highest BCUT2D eigenvalue weighted by Crippen LogP contribution is 2.29. The first-order valence-corrected chi connectivity index (χ1v) is 7.72. The first-order valence-electron chi connectivity index (χ1n) is 7.31. The molecule has 0 saturated carbocycles. The van der Waals surface area contributed by atoms with Gasteiger partial charge in [0.05, 0.1) is 6.26 Å². The van der Waals surface area contributed by atoms with E-state index in [9.17, 15) is 0 Å². The molecule has 0 bridgehead atoms. The summed E-state index contributed by atoms with van der Waals surface area (Å²) in [5, 5.41) is 18.9. The molecule has 3 heterocycles. The first kappa shape index (κ1) is 13.9. The summed E-state index contributed by atoms with van der Waals surface area (Å²) in [4.78, 5) is 0. The van der Waals surface area contributed by atoms with E-state index in [1.54, 1.807) is 23.2 Å². The molecule has 2 N–H and O–H groups in total. The third-order valence-corrected chi connectivity index (χ3v) is 4.00. The van der Waals surface area contributed by atoms with Gasteiger partial charge in [-0.15, -0.1) is 0 Å². The average Bonchev–Trinajstić information content (AvgIpc) is 3.29. The summed E-state index contributed by atoms with van der Waals surface area (Å²) in [5.74, 6) is 1.38. The molecule has 0 atom stereocenters. The molecular weight excluding hydrogens is 312 g/mol. The van der Waals surface area contributed by atoms with Gasteiger partial charge in [-0.3, -0.25) is 5.10 Å². The number of aryl methyl sites for hydroxylation is 1. The van der Waals surface area contributed by atoms with Gasteiger partial charge in [0.25, 0.3) is 0 Å². The van der Waals surface area contributed by atoms with E-state index in [-0.39, 0.29) is 0 Å². The van der Waals surface area contributed by atoms with E-state index >= 15 is 0 Å². The van der Waals surface area contributed by atoms with E-state index in [1.807, 2.05) is 18.2 Å². The minimum Gasteiger partial charge on any atom is -0.465 e. The molecule has 3 aromatic rings. The Bertz CT molecular complexity index is 928. The van der Waals surface area contributed by atoms with Crippen LogP contribution in [0.4, 0.5) is 0 Å². The van der Waals surface area contributed by atoms with Crippen LogP contribution >= 0.6 is 12.2 Å². The summed E-state index contributed by atoms with van der Waals surface area (Å²) >= 11 is 5.25. The van der Waals surface area contributed by atoms with Crippen LogP contribution in [0, 0.1) is 4.77 Å². The van der Waals surface area contributed by atoms with Crippen molar-refractivity contribution >= 4 is 24.5 Å². The molecule has 0 saturated heterocycles. The van der Waals surface area contributed by atoms with E-state index < -0.39 is 0 Å². The zero-order chi connectivity index (χ0) is 15.6. The molecule has 0 radical (unpaired) electrons. The summed E-state index contributed by atoms with van der Waals surface area (Å²) in [6, 6.07) is 3.70. The van der Waals surface area contributed by atoms with Crippen LogP contribution in [0.1, 0.15) is 23.4 Å². The van der Waals surface area contributed by atoms with Gasteiger partial charge in [-0.1, -0.05) is 0 Å². The third kappa shape index (κ3) is 2.57. The van der Waals surface area contributed by atoms with E-state index in [2.05, 4.69) is 25.5 Å². The van der Waals surface area contributed by atoms with E-state index in [1.165, 1.54) is 11.3 Å². The average molecular weight is 326 g/mol. The van der Waals surface area contributed by atoms with Crippen LogP contribution in [0.2, 0.25) is 0 Å². The lowest BCUT2D eigenvalue weighted by atomic mass is 10.2. The standard InChI is InChI=1S/C15H14N6OS/c23-15-20-19-14(13-11-6-1-7-12(11)17-18-13)21(15)16-8-2-4-10-5-3-9-22-10/h2-5,8-9H,1,6-7H2,(H,17,18)(H,20,23)/b4-2+,16-8+. The molecular formula is C15H14N6OS. The van der Waals surface area contributed by atoms with Crippen LogP contribution in [0.3, 0.4) is 0 Å². The van der Waals surface area contributed by atoms with Crippen molar-refractivity contribution in [3.05, 3.63) is 46.3 Å². The molecule has 1 aliphatic carbocycles. The smallest absolute Gasteiger partial charge is 0.216 e. The van der Waals surface area contributed by atoms with Crippen LogP contribution < -0.4 is 0 Å². The van der Waals surface area contributed by atoms with Gasteiger partial charge in [0.2, 0.25) is 10.6 Å². The quantitative estimate of drug-likeness (QED) is 0.570. The zero-order valence-corrected chi connectivity index (χ0v) is 13.0. The summed E-state index contributed by atoms with van der Waals surface area (Å²) in [7, 11) is 0. The molecule has 0 spiro atoms. The Balaban J connectivity index is 1.64. The van der Waals surface area contributed by atoms with Crippen molar-refractivity contribution in [1.29, 1.82) is 0 Å². The first-order chi connectivity index (χ1) is 11.3. The number of aromatic nitrogens is 5. The SMILES string of the molecule is S=c1[nH]nc(-c2n[nH]c3c2CCC3)n1/N=C/C=C/c1ccco1. The summed E-state index contributed by atoms with van der Waals surface area (Å²) in [5.41, 5.74) is 3.21. The number of hydrogen-bond donors (Lipinski definition) is 2. The van der Waals surface area contributed by atoms with Crippen LogP contribution in [0.5, 0.6) is 0 Å². The zero-order valence-electron chi connectivity index (χ0n) is 12.2. The van der Waals surface area contributed by atoms with Crippen LogP contribution in [0.15, 0.2) is 34.0 Å². The molecule has 0 amide bonds. The Labute approximate surface area is 136 Å². The fourth-order valence-corrected chi connectivity index (χ4v) is 2.86. The molecule has 23 heavy (non-hydrogen) atoms. The Morgan fingerprint density at radius 1 is 1.30 bits per heavy atom. The van der Waals surface area contributed by atoms with Gasteiger partial charge in [-0.25, -0.2) is 5.10 Å². The molecule has 0 unspecified atom stereocenters. The van der Waals surface area contributed by atoms with Gasteiger partial charge in [0.1, 0.15) is 11.5 Å². The van der Waals surface area contributed by atoms with Crippen LogP contribution in [-0.2, 0) is 12.8 Å². The van der Waals surface area contributed by atoms with Gasteiger partial charge < -0.3 is 4.42 Å². The monoisotopic (exact) mass is 326 g/mol. The number of rotatable bonds is 4. The number of H-pyrrole nitrogens is 2. The van der Waals surface area contributed by atoms with Gasteiger partial charge in [0, 0.05) is 17.5 Å². The highest BCUT2D eigenvalue weighted by Gasteiger charge is 2.22. The summed E-state index contributed by atoms with van der Waals surface area (Å²) in [6.45, 7) is 0. The maximum atomic E-state index is 5.25. The molecule has 0 aliphatic heterocycles. The lowest BCUT2D eigenvalue weighted by Gasteiger charge is -1.98. The lowest BCUT2D eigenvalue weighted by molar-refractivity contribution is 0.557. The van der Waals surface area contributed by atoms with Crippen molar-refractivity contribution in [2.75, 3.05) is 0 Å². The predicted octanol–water partition coefficient (Wildman–Crippen LogP) is 2.96. The van der Waals surface area contributed by atoms with E-state index in [0.717, 1.165) is 30.7 Å². The molecule has 0 fully saturated rings. The second-order valence-electron chi connectivity index (χ2n) is 5.19. The van der Waals surface area contributed by atoms with Gasteiger partial charge in [-0.2, -0.15) is 20.0 Å². The molecule has 7 nitrogen and oxygen atoms in total. The summed E-state index contributed by atoms with van der Waals surface area (Å²) in [6.07, 6.45) is 10.0. The third-order valence-electron chi connectivity index (χ3n) is 3.74. The van der Waals surface area contributed by atoms with E-state index in [0.29, 0.717) is 10.6 Å². The van der Waals surface area contributed by atoms with Crippen molar-refractivity contribution in [2.45, 2.75) is 19.3 Å². The maximum absolute atomic E-state index is 5.25. The van der Waals surface area contributed by atoms with E-state index in [4.69, 9.17) is 16.6 Å². The number of fused-ring (bicyclic) bond motifs is 1. The fourth-order valence-electron chi connectivity index (χ4n) is 2.69. The van der Waals surface area contributed by atoms with Crippen molar-refractivity contribution in [2.24, 2.45) is 5.10 Å². The minimum absolute atomic E-state index is 0.428. The Kier molecular flexibility index (Phi) is 3.51. The van der Waals surface area contributed by atoms with Crippen molar-refractivity contribution in [1.82, 2.24) is 25.1 Å². The highest BCUT2D eigenvalue weighted by atomic mass is 32.1. The second-order valence-corrected chi connectivity index (χ2v) is 5.57. The number of hydrogen-bond acceptors (Lipinski definition) is 5. The number of furan rings is 1. The van der Waals surface area contributed by atoms with Crippen molar-refractivity contribution in [3.8, 4) is 11.5 Å². The Morgan fingerprint density at radius 2 is 2.26 bits per heavy atom. The largest absolute Gasteiger partial charge is 0.465 e. The number of nitrogens with zero attached hydrogens (tertiary/aromatic N) is 4. The molecule has 0 aromatic carbocycles. The Morgan fingerprint density at radius 3 is 3.13 bits per heavy atom. The second kappa shape index (κ2) is 5.81.